The van der Waals surface area contributed by atoms with E-state index in [4.69, 9.17) is 0 Å². The molecule has 1 aliphatic rings. The predicted molar refractivity (Wildman–Crippen MR) is 137 cm³/mol. The molecule has 0 N–H and O–H groups in total. The number of nitrogens with zero attached hydrogens (tertiary/aromatic N) is 3. The summed E-state index contributed by atoms with van der Waals surface area (Å²) in [7, 11) is -5.61. The first-order valence-electron chi connectivity index (χ1n) is 12.0. The van der Waals surface area contributed by atoms with Gasteiger partial charge in [0, 0.05) is 30.6 Å². The maximum atomic E-state index is 13.2. The minimum Gasteiger partial charge on any atom is -0.292 e. The van der Waals surface area contributed by atoms with E-state index in [1.165, 1.54) is 6.20 Å². The molecule has 0 saturated heterocycles. The van der Waals surface area contributed by atoms with Gasteiger partial charge in [-0.1, -0.05) is 60.3 Å². The van der Waals surface area contributed by atoms with Crippen LogP contribution in [-0.2, 0) is 16.4 Å². The second kappa shape index (κ2) is 9.71. The van der Waals surface area contributed by atoms with Gasteiger partial charge in [-0.15, -0.1) is 5.54 Å². The highest BCUT2D eigenvalue weighted by Crippen LogP contribution is 2.40. The van der Waals surface area contributed by atoms with Gasteiger partial charge in [-0.2, -0.15) is 4.98 Å². The summed E-state index contributed by atoms with van der Waals surface area (Å²) in [5.41, 5.74) is 5.86. The number of pyridine rings is 1. The Morgan fingerprint density at radius 2 is 1.67 bits per heavy atom. The van der Waals surface area contributed by atoms with Crippen LogP contribution in [0.4, 0.5) is 0 Å². The summed E-state index contributed by atoms with van der Waals surface area (Å²) in [4.78, 5) is 21.7. The Labute approximate surface area is 199 Å². The van der Waals surface area contributed by atoms with E-state index < -0.39 is 17.9 Å². The number of fused-ring (bicyclic) bond motifs is 1. The minimum atomic E-state index is -3.60. The Morgan fingerprint density at radius 3 is 2.18 bits per heavy atom. The van der Waals surface area contributed by atoms with Crippen molar-refractivity contribution in [2.45, 2.75) is 95.6 Å². The summed E-state index contributed by atoms with van der Waals surface area (Å²) in [6.07, 6.45) is 7.09. The van der Waals surface area contributed by atoms with Gasteiger partial charge >= 0.3 is 0 Å². The molecule has 0 atom stereocenters. The van der Waals surface area contributed by atoms with Crippen LogP contribution in [0, 0.1) is 17.4 Å². The van der Waals surface area contributed by atoms with Crippen molar-refractivity contribution in [1.29, 1.82) is 0 Å². The molecule has 33 heavy (non-hydrogen) atoms. The van der Waals surface area contributed by atoms with Crippen LogP contribution >= 0.6 is 0 Å². The summed E-state index contributed by atoms with van der Waals surface area (Å²) in [5, 5.41) is 0.390. The molecule has 180 valence electrons. The second-order valence-electron chi connectivity index (χ2n) is 10.5. The van der Waals surface area contributed by atoms with E-state index in [1.807, 2.05) is 0 Å². The number of aromatic nitrogens is 3. The molecule has 2 aromatic rings. The van der Waals surface area contributed by atoms with Crippen molar-refractivity contribution in [3.8, 4) is 11.5 Å². The third kappa shape index (κ3) is 5.09. The zero-order chi connectivity index (χ0) is 24.6. The molecule has 0 amide bonds. The molecule has 8 heteroatoms. The van der Waals surface area contributed by atoms with Crippen molar-refractivity contribution in [3.63, 3.8) is 0 Å². The maximum Gasteiger partial charge on any atom is 0.253 e. The molecule has 0 spiro atoms. The molecule has 0 radical (unpaired) electrons. The van der Waals surface area contributed by atoms with E-state index in [0.29, 0.717) is 45.7 Å². The molecule has 0 aromatic carbocycles. The van der Waals surface area contributed by atoms with E-state index in [2.05, 4.69) is 63.0 Å². The lowest BCUT2D eigenvalue weighted by Crippen LogP contribution is -2.43. The average Bonchev–Trinajstić information content (AvgIpc) is 3.22. The van der Waals surface area contributed by atoms with Crippen LogP contribution < -0.4 is 5.56 Å². The molecule has 0 unspecified atom stereocenters. The van der Waals surface area contributed by atoms with Crippen LogP contribution in [-0.4, -0.2) is 37.3 Å². The number of sulfone groups is 1. The predicted octanol–water partition coefficient (Wildman–Crippen LogP) is 4.95. The van der Waals surface area contributed by atoms with Crippen molar-refractivity contribution in [2.75, 3.05) is 6.26 Å². The van der Waals surface area contributed by atoms with Crippen LogP contribution in [0.15, 0.2) is 22.2 Å². The van der Waals surface area contributed by atoms with Gasteiger partial charge in [0.05, 0.1) is 5.39 Å². The van der Waals surface area contributed by atoms with Crippen molar-refractivity contribution in [3.05, 3.63) is 28.2 Å². The first-order chi connectivity index (χ1) is 15.4. The summed E-state index contributed by atoms with van der Waals surface area (Å²) in [5.74, 6) is 3.77. The Bertz CT molecular complexity index is 1230. The van der Waals surface area contributed by atoms with Crippen molar-refractivity contribution in [2.24, 2.45) is 5.92 Å². The maximum absolute atomic E-state index is 13.2. The molecule has 2 aromatic heterocycles. The molecule has 0 aliphatic heterocycles. The standard InChI is InChI=1S/C25H37N3O3SSi/c1-17(2)33(18(3)4,19(5)6)13-12-21-14-23(29)28(16-20-10-8-9-11-20)24-22(21)15-26-25(27-24)32(7,30)31/h14-15,17-20H,8-11,16H2,1-7H3. The summed E-state index contributed by atoms with van der Waals surface area (Å²) in [6, 6.07) is 1.59. The van der Waals surface area contributed by atoms with Crippen molar-refractivity contribution < 1.29 is 8.42 Å². The first-order valence-corrected chi connectivity index (χ1v) is 16.1. The Kier molecular flexibility index (Phi) is 7.54. The Balaban J connectivity index is 2.26. The fourth-order valence-corrected chi connectivity index (χ4v) is 11.4. The fraction of sp³-hybridized carbons (Fsp3) is 0.640. The van der Waals surface area contributed by atoms with E-state index in [-0.39, 0.29) is 10.7 Å². The van der Waals surface area contributed by atoms with E-state index >= 15 is 0 Å². The molecule has 1 aliphatic carbocycles. The summed E-state index contributed by atoms with van der Waals surface area (Å²) < 4.78 is 25.9. The molecule has 1 fully saturated rings. The lowest BCUT2D eigenvalue weighted by atomic mass is 10.1. The van der Waals surface area contributed by atoms with Gasteiger partial charge in [0.2, 0.25) is 15.0 Å². The highest BCUT2D eigenvalue weighted by Gasteiger charge is 2.41. The fourth-order valence-electron chi connectivity index (χ4n) is 5.65. The monoisotopic (exact) mass is 487 g/mol. The molecular weight excluding hydrogens is 450 g/mol. The van der Waals surface area contributed by atoms with Gasteiger partial charge in [0.25, 0.3) is 5.56 Å². The highest BCUT2D eigenvalue weighted by atomic mass is 32.2. The van der Waals surface area contributed by atoms with Gasteiger partial charge in [0.15, 0.2) is 0 Å². The highest BCUT2D eigenvalue weighted by molar-refractivity contribution is 7.90. The summed E-state index contributed by atoms with van der Waals surface area (Å²) >= 11 is 0. The number of hydrogen-bond acceptors (Lipinski definition) is 5. The van der Waals surface area contributed by atoms with Gasteiger partial charge in [0.1, 0.15) is 13.7 Å². The average molecular weight is 488 g/mol. The lowest BCUT2D eigenvalue weighted by molar-refractivity contribution is 0.455. The summed E-state index contributed by atoms with van der Waals surface area (Å²) in [6.45, 7) is 14.0. The molecule has 3 rings (SSSR count). The molecule has 6 nitrogen and oxygen atoms in total. The zero-order valence-corrected chi connectivity index (χ0v) is 22.8. The molecule has 2 heterocycles. The van der Waals surface area contributed by atoms with Crippen LogP contribution in [0.5, 0.6) is 0 Å². The van der Waals surface area contributed by atoms with E-state index in [9.17, 15) is 13.2 Å². The van der Waals surface area contributed by atoms with Crippen LogP contribution in [0.2, 0.25) is 16.6 Å². The van der Waals surface area contributed by atoms with Gasteiger partial charge in [-0.25, -0.2) is 13.4 Å². The van der Waals surface area contributed by atoms with E-state index in [0.717, 1.165) is 31.9 Å². The second-order valence-corrected chi connectivity index (χ2v) is 18.0. The number of rotatable bonds is 6. The quantitative estimate of drug-likeness (QED) is 0.327. The normalized spacial score (nSPS) is 15.6. The topological polar surface area (TPSA) is 81.9 Å². The zero-order valence-electron chi connectivity index (χ0n) is 21.0. The number of hydrogen-bond donors (Lipinski definition) is 0. The Hall–Kier alpha value is -1.98. The molecule has 1 saturated carbocycles. The molecular formula is C25H37N3O3SSi. The van der Waals surface area contributed by atoms with Crippen LogP contribution in [0.1, 0.15) is 72.8 Å². The van der Waals surface area contributed by atoms with Gasteiger partial charge in [-0.3, -0.25) is 9.36 Å². The van der Waals surface area contributed by atoms with Gasteiger partial charge in [-0.05, 0) is 35.4 Å². The largest absolute Gasteiger partial charge is 0.292 e. The van der Waals surface area contributed by atoms with Crippen LogP contribution in [0.25, 0.3) is 11.0 Å². The SMILES string of the molecule is CC(C)[Si](C#Cc1cc(=O)n(CC2CCCC2)c2nc(S(C)(=O)=O)ncc12)(C(C)C)C(C)C. The first kappa shape index (κ1) is 25.6. The molecule has 0 bridgehead atoms. The van der Waals surface area contributed by atoms with E-state index in [1.54, 1.807) is 10.6 Å². The third-order valence-corrected chi connectivity index (χ3v) is 14.5. The van der Waals surface area contributed by atoms with Crippen LogP contribution in [0.3, 0.4) is 0 Å². The van der Waals surface area contributed by atoms with Crippen molar-refractivity contribution in [1.82, 2.24) is 14.5 Å². The lowest BCUT2D eigenvalue weighted by Gasteiger charge is -2.38. The minimum absolute atomic E-state index is 0.178. The third-order valence-electron chi connectivity index (χ3n) is 7.35. The smallest absolute Gasteiger partial charge is 0.253 e. The van der Waals surface area contributed by atoms with Crippen molar-refractivity contribution >= 4 is 28.9 Å². The Morgan fingerprint density at radius 1 is 1.09 bits per heavy atom. The van der Waals surface area contributed by atoms with Gasteiger partial charge < -0.3 is 0 Å².